The molecule has 22 heavy (non-hydrogen) atoms. The third-order valence-corrected chi connectivity index (χ3v) is 8.01. The van der Waals surface area contributed by atoms with Crippen LogP contribution < -0.4 is 0 Å². The van der Waals surface area contributed by atoms with Gasteiger partial charge in [0, 0.05) is 36.0 Å². The zero-order valence-corrected chi connectivity index (χ0v) is 14.6. The number of hydrogen-bond donors (Lipinski definition) is 0. The van der Waals surface area contributed by atoms with Gasteiger partial charge in [-0.2, -0.15) is 4.31 Å². The summed E-state index contributed by atoms with van der Waals surface area (Å²) in [7, 11) is -3.11. The summed E-state index contributed by atoms with van der Waals surface area (Å²) in [5, 5.41) is -0.339. The lowest BCUT2D eigenvalue weighted by molar-refractivity contribution is 0.0395. The minimum atomic E-state index is -3.11. The molecule has 2 saturated heterocycles. The van der Waals surface area contributed by atoms with Crippen LogP contribution in [0.3, 0.4) is 0 Å². The lowest BCUT2D eigenvalue weighted by atomic mass is 9.95. The van der Waals surface area contributed by atoms with Crippen molar-refractivity contribution in [3.05, 3.63) is 30.1 Å². The standard InChI is InChI=1S/C15H22N2O3S2/c1-12(2)22(18,19)17-10-15(11-17)6-14(9-21-15)20-8-13-4-3-5-16-7-13/h3-5,7,12,14H,6,8-11H2,1-2H3/t14-/m1/s1. The van der Waals surface area contributed by atoms with Gasteiger partial charge in [0.25, 0.3) is 0 Å². The molecule has 5 nitrogen and oxygen atoms in total. The molecule has 0 N–H and O–H groups in total. The quantitative estimate of drug-likeness (QED) is 0.818. The molecule has 2 aliphatic heterocycles. The van der Waals surface area contributed by atoms with Crippen LogP contribution >= 0.6 is 11.8 Å². The van der Waals surface area contributed by atoms with E-state index in [1.165, 1.54) is 0 Å². The molecule has 2 aliphatic rings. The second kappa shape index (κ2) is 6.11. The van der Waals surface area contributed by atoms with Gasteiger partial charge in [-0.25, -0.2) is 8.42 Å². The Morgan fingerprint density at radius 1 is 1.50 bits per heavy atom. The van der Waals surface area contributed by atoms with Gasteiger partial charge in [-0.05, 0) is 31.9 Å². The highest BCUT2D eigenvalue weighted by Crippen LogP contribution is 2.47. The third kappa shape index (κ3) is 3.18. The number of ether oxygens (including phenoxy) is 1. The third-order valence-electron chi connectivity index (χ3n) is 4.27. The SMILES string of the molecule is CC(C)S(=O)(=O)N1CC2(C[C@@H](OCc3cccnc3)CS2)C1. The normalized spacial score (nSPS) is 24.8. The summed E-state index contributed by atoms with van der Waals surface area (Å²) in [5.74, 6) is 0.940. The number of pyridine rings is 1. The molecular weight excluding hydrogens is 320 g/mol. The maximum Gasteiger partial charge on any atom is 0.216 e. The van der Waals surface area contributed by atoms with Crippen molar-refractivity contribution in [1.29, 1.82) is 0 Å². The predicted molar refractivity (Wildman–Crippen MR) is 88.2 cm³/mol. The van der Waals surface area contributed by atoms with Crippen LogP contribution in [0.2, 0.25) is 0 Å². The van der Waals surface area contributed by atoms with Crippen LogP contribution in [-0.2, 0) is 21.4 Å². The maximum absolute atomic E-state index is 12.1. The summed E-state index contributed by atoms with van der Waals surface area (Å²) in [6.45, 7) is 5.31. The van der Waals surface area contributed by atoms with Gasteiger partial charge in [0.2, 0.25) is 10.0 Å². The summed E-state index contributed by atoms with van der Waals surface area (Å²) in [5.41, 5.74) is 1.08. The number of aromatic nitrogens is 1. The van der Waals surface area contributed by atoms with Gasteiger partial charge in [0.05, 0.1) is 18.0 Å². The molecule has 0 radical (unpaired) electrons. The van der Waals surface area contributed by atoms with E-state index in [0.29, 0.717) is 19.7 Å². The van der Waals surface area contributed by atoms with Crippen molar-refractivity contribution in [3.8, 4) is 0 Å². The van der Waals surface area contributed by atoms with E-state index in [2.05, 4.69) is 4.98 Å². The first-order valence-corrected chi connectivity index (χ1v) is 10.0. The smallest absolute Gasteiger partial charge is 0.216 e. The first-order valence-electron chi connectivity index (χ1n) is 7.55. The first-order chi connectivity index (χ1) is 10.4. The maximum atomic E-state index is 12.1. The van der Waals surface area contributed by atoms with Crippen molar-refractivity contribution >= 4 is 21.8 Å². The average Bonchev–Trinajstić information content (AvgIpc) is 2.89. The number of rotatable bonds is 5. The van der Waals surface area contributed by atoms with E-state index in [9.17, 15) is 8.42 Å². The van der Waals surface area contributed by atoms with Crippen molar-refractivity contribution in [2.75, 3.05) is 18.8 Å². The van der Waals surface area contributed by atoms with Gasteiger partial charge in [-0.3, -0.25) is 4.98 Å². The Kier molecular flexibility index (Phi) is 4.51. The van der Waals surface area contributed by atoms with Crippen molar-refractivity contribution in [3.63, 3.8) is 0 Å². The van der Waals surface area contributed by atoms with E-state index in [-0.39, 0.29) is 16.1 Å². The summed E-state index contributed by atoms with van der Waals surface area (Å²) >= 11 is 1.86. The van der Waals surface area contributed by atoms with Crippen LogP contribution in [-0.4, -0.2) is 52.7 Å². The van der Waals surface area contributed by atoms with Gasteiger partial charge in [-0.15, -0.1) is 11.8 Å². The fraction of sp³-hybridized carbons (Fsp3) is 0.667. The molecule has 122 valence electrons. The summed E-state index contributed by atoms with van der Waals surface area (Å²) in [4.78, 5) is 4.08. The second-order valence-electron chi connectivity index (χ2n) is 6.35. The lowest BCUT2D eigenvalue weighted by Crippen LogP contribution is -2.61. The van der Waals surface area contributed by atoms with Crippen molar-refractivity contribution < 1.29 is 13.2 Å². The Morgan fingerprint density at radius 2 is 2.27 bits per heavy atom. The second-order valence-corrected chi connectivity index (χ2v) is 10.3. The summed E-state index contributed by atoms with van der Waals surface area (Å²) in [6, 6.07) is 3.91. The Balaban J connectivity index is 1.50. The largest absolute Gasteiger partial charge is 0.373 e. The topological polar surface area (TPSA) is 59.5 Å². The molecule has 0 saturated carbocycles. The molecule has 0 aromatic carbocycles. The van der Waals surface area contributed by atoms with Crippen LogP contribution in [0.5, 0.6) is 0 Å². The number of sulfonamides is 1. The lowest BCUT2D eigenvalue weighted by Gasteiger charge is -2.47. The molecule has 0 aliphatic carbocycles. The van der Waals surface area contributed by atoms with Gasteiger partial charge >= 0.3 is 0 Å². The van der Waals surface area contributed by atoms with Gasteiger partial charge in [0.1, 0.15) is 0 Å². The van der Waals surface area contributed by atoms with E-state index in [1.54, 1.807) is 24.3 Å². The molecule has 7 heteroatoms. The van der Waals surface area contributed by atoms with Crippen LogP contribution in [0.4, 0.5) is 0 Å². The molecule has 1 aromatic heterocycles. The van der Waals surface area contributed by atoms with Crippen LogP contribution in [0.25, 0.3) is 0 Å². The molecule has 3 rings (SSSR count). The monoisotopic (exact) mass is 342 g/mol. The highest BCUT2D eigenvalue weighted by molar-refractivity contribution is 8.01. The molecule has 0 unspecified atom stereocenters. The highest BCUT2D eigenvalue weighted by atomic mass is 32.2. The first kappa shape index (κ1) is 16.2. The fourth-order valence-electron chi connectivity index (χ4n) is 2.90. The number of hydrogen-bond acceptors (Lipinski definition) is 5. The van der Waals surface area contributed by atoms with E-state index >= 15 is 0 Å². The van der Waals surface area contributed by atoms with Crippen LogP contribution in [0, 0.1) is 0 Å². The summed E-state index contributed by atoms with van der Waals surface area (Å²) in [6.07, 6.45) is 4.71. The van der Waals surface area contributed by atoms with Crippen molar-refractivity contribution in [2.24, 2.45) is 0 Å². The molecule has 0 bridgehead atoms. The van der Waals surface area contributed by atoms with Gasteiger partial charge in [-0.1, -0.05) is 6.07 Å². The van der Waals surface area contributed by atoms with Gasteiger partial charge < -0.3 is 4.74 Å². The zero-order chi connectivity index (χ0) is 15.8. The van der Waals surface area contributed by atoms with E-state index in [0.717, 1.165) is 17.7 Å². The minimum Gasteiger partial charge on any atom is -0.373 e. The molecular formula is C15H22N2O3S2. The minimum absolute atomic E-state index is 0.0710. The molecule has 0 amide bonds. The zero-order valence-electron chi connectivity index (χ0n) is 12.9. The molecule has 1 aromatic rings. The highest BCUT2D eigenvalue weighted by Gasteiger charge is 2.53. The predicted octanol–water partition coefficient (Wildman–Crippen LogP) is 1.90. The van der Waals surface area contributed by atoms with Crippen LogP contribution in [0.15, 0.2) is 24.5 Å². The van der Waals surface area contributed by atoms with E-state index in [1.807, 2.05) is 30.1 Å². The Labute approximate surface area is 136 Å². The van der Waals surface area contributed by atoms with E-state index in [4.69, 9.17) is 4.74 Å². The molecule has 1 atom stereocenters. The molecule has 3 heterocycles. The van der Waals surface area contributed by atoms with Crippen molar-refractivity contribution in [2.45, 2.75) is 43.0 Å². The average molecular weight is 342 g/mol. The number of thioether (sulfide) groups is 1. The number of nitrogens with zero attached hydrogens (tertiary/aromatic N) is 2. The van der Waals surface area contributed by atoms with Gasteiger partial charge in [0.15, 0.2) is 0 Å². The molecule has 1 spiro atoms. The van der Waals surface area contributed by atoms with E-state index < -0.39 is 10.0 Å². The van der Waals surface area contributed by atoms with Crippen LogP contribution in [0.1, 0.15) is 25.8 Å². The fourth-order valence-corrected chi connectivity index (χ4v) is 6.07. The molecule has 2 fully saturated rings. The Bertz CT molecular complexity index is 613. The Morgan fingerprint density at radius 3 is 2.91 bits per heavy atom. The Hall–Kier alpha value is -0.630. The van der Waals surface area contributed by atoms with Crippen molar-refractivity contribution in [1.82, 2.24) is 9.29 Å². The summed E-state index contributed by atoms with van der Waals surface area (Å²) < 4.78 is 31.9.